The number of nitrogens with one attached hydrogen (secondary N) is 1. The van der Waals surface area contributed by atoms with Crippen molar-refractivity contribution in [1.29, 1.82) is 0 Å². The maximum absolute atomic E-state index is 5.85. The monoisotopic (exact) mass is 291 g/mol. The molecule has 1 fully saturated rings. The smallest absolute Gasteiger partial charge is 0.127 e. The molecule has 1 aromatic carbocycles. The third-order valence-corrected chi connectivity index (χ3v) is 4.16. The summed E-state index contributed by atoms with van der Waals surface area (Å²) in [5.74, 6) is 1.81. The van der Waals surface area contributed by atoms with Crippen LogP contribution in [0.25, 0.3) is 0 Å². The highest BCUT2D eigenvalue weighted by Gasteiger charge is 2.25. The molecular weight excluding hydrogens is 266 g/mol. The molecule has 0 amide bonds. The van der Waals surface area contributed by atoms with Gasteiger partial charge in [0, 0.05) is 11.6 Å². The first-order valence-corrected chi connectivity index (χ1v) is 8.04. The van der Waals surface area contributed by atoms with Gasteiger partial charge in [0.15, 0.2) is 0 Å². The van der Waals surface area contributed by atoms with E-state index >= 15 is 0 Å². The average Bonchev–Trinajstić information content (AvgIpc) is 3.09. The van der Waals surface area contributed by atoms with Crippen LogP contribution in [0.4, 0.5) is 0 Å². The molecule has 0 radical (unpaired) electrons. The number of rotatable bonds is 6. The van der Waals surface area contributed by atoms with E-state index in [0.29, 0.717) is 25.4 Å². The van der Waals surface area contributed by atoms with E-state index in [9.17, 15) is 0 Å². The van der Waals surface area contributed by atoms with Crippen molar-refractivity contribution in [2.45, 2.75) is 51.4 Å². The predicted octanol–water partition coefficient (Wildman–Crippen LogP) is 3.07. The summed E-state index contributed by atoms with van der Waals surface area (Å²) in [6.45, 7) is 6.64. The molecule has 4 heteroatoms. The highest BCUT2D eigenvalue weighted by molar-refractivity contribution is 5.45. The second-order valence-corrected chi connectivity index (χ2v) is 5.97. The molecule has 3 atom stereocenters. The first-order chi connectivity index (χ1) is 10.3. The van der Waals surface area contributed by atoms with E-state index in [1.165, 1.54) is 5.56 Å². The molecule has 1 aromatic rings. The number of hydrogen-bond donors (Lipinski definition) is 1. The van der Waals surface area contributed by atoms with Gasteiger partial charge >= 0.3 is 0 Å². The van der Waals surface area contributed by atoms with E-state index in [1.807, 2.05) is 12.1 Å². The van der Waals surface area contributed by atoms with Gasteiger partial charge in [0.2, 0.25) is 0 Å². The minimum Gasteiger partial charge on any atom is -0.491 e. The second kappa shape index (κ2) is 6.67. The quantitative estimate of drug-likeness (QED) is 0.874. The highest BCUT2D eigenvalue weighted by Crippen LogP contribution is 2.35. The van der Waals surface area contributed by atoms with Gasteiger partial charge in [-0.15, -0.1) is 0 Å². The number of ether oxygens (including phenoxy) is 3. The van der Waals surface area contributed by atoms with Gasteiger partial charge in [0.05, 0.1) is 18.2 Å². The Bertz CT molecular complexity index is 477. The van der Waals surface area contributed by atoms with Crippen LogP contribution in [0.5, 0.6) is 11.5 Å². The van der Waals surface area contributed by atoms with Crippen molar-refractivity contribution < 1.29 is 14.2 Å². The third kappa shape index (κ3) is 3.50. The fourth-order valence-electron chi connectivity index (χ4n) is 2.96. The summed E-state index contributed by atoms with van der Waals surface area (Å²) < 4.78 is 17.4. The lowest BCUT2D eigenvalue weighted by Gasteiger charge is -2.14. The van der Waals surface area contributed by atoms with Crippen LogP contribution in [0.1, 0.15) is 44.7 Å². The lowest BCUT2D eigenvalue weighted by atomic mass is 10.1. The van der Waals surface area contributed by atoms with Gasteiger partial charge in [-0.05, 0) is 44.9 Å². The van der Waals surface area contributed by atoms with Crippen LogP contribution in [0.3, 0.4) is 0 Å². The molecule has 0 bridgehead atoms. The van der Waals surface area contributed by atoms with Crippen molar-refractivity contribution in [3.8, 4) is 11.5 Å². The van der Waals surface area contributed by atoms with Crippen LogP contribution in [0.2, 0.25) is 0 Å². The minimum atomic E-state index is 0.230. The van der Waals surface area contributed by atoms with E-state index < -0.39 is 0 Å². The van der Waals surface area contributed by atoms with E-state index in [1.54, 1.807) is 0 Å². The summed E-state index contributed by atoms with van der Waals surface area (Å²) in [7, 11) is 0. The van der Waals surface area contributed by atoms with Gasteiger partial charge in [0.25, 0.3) is 0 Å². The summed E-state index contributed by atoms with van der Waals surface area (Å²) in [6.07, 6.45) is 3.95. The third-order valence-electron chi connectivity index (χ3n) is 4.16. The van der Waals surface area contributed by atoms with Crippen LogP contribution >= 0.6 is 0 Å². The molecule has 0 aliphatic carbocycles. The van der Waals surface area contributed by atoms with Gasteiger partial charge in [-0.3, -0.25) is 0 Å². The Morgan fingerprint density at radius 2 is 2.24 bits per heavy atom. The Morgan fingerprint density at radius 1 is 1.33 bits per heavy atom. The Morgan fingerprint density at radius 3 is 3.00 bits per heavy atom. The van der Waals surface area contributed by atoms with Gasteiger partial charge in [0.1, 0.15) is 24.7 Å². The Kier molecular flexibility index (Phi) is 4.66. The minimum absolute atomic E-state index is 0.230. The molecule has 3 rings (SSSR count). The highest BCUT2D eigenvalue weighted by atomic mass is 16.5. The standard InChI is InChI=1S/C17H25NO3/c1-3-8-18-16-11-20-17-9-13(6-7-15(16)17)19-10-14-5-4-12(2)21-14/h6-7,9,12,14,16,18H,3-5,8,10-11H2,1-2H3. The van der Waals surface area contributed by atoms with Gasteiger partial charge < -0.3 is 19.5 Å². The first kappa shape index (κ1) is 14.7. The lowest BCUT2D eigenvalue weighted by Crippen LogP contribution is -2.23. The normalized spacial score (nSPS) is 27.4. The van der Waals surface area contributed by atoms with Crippen molar-refractivity contribution in [2.75, 3.05) is 19.8 Å². The van der Waals surface area contributed by atoms with Crippen molar-refractivity contribution in [1.82, 2.24) is 5.32 Å². The molecule has 4 nitrogen and oxygen atoms in total. The van der Waals surface area contributed by atoms with Crippen LogP contribution in [-0.2, 0) is 4.74 Å². The van der Waals surface area contributed by atoms with Crippen LogP contribution in [0.15, 0.2) is 18.2 Å². The van der Waals surface area contributed by atoms with E-state index in [2.05, 4.69) is 25.2 Å². The maximum Gasteiger partial charge on any atom is 0.127 e. The fraction of sp³-hybridized carbons (Fsp3) is 0.647. The van der Waals surface area contributed by atoms with Crippen molar-refractivity contribution in [3.63, 3.8) is 0 Å². The zero-order valence-corrected chi connectivity index (χ0v) is 12.9. The number of hydrogen-bond acceptors (Lipinski definition) is 4. The molecule has 0 aromatic heterocycles. The molecule has 0 spiro atoms. The van der Waals surface area contributed by atoms with Crippen LogP contribution < -0.4 is 14.8 Å². The lowest BCUT2D eigenvalue weighted by molar-refractivity contribution is 0.0264. The Hall–Kier alpha value is -1.26. The molecule has 116 valence electrons. The number of fused-ring (bicyclic) bond motifs is 1. The SMILES string of the molecule is CCCNC1COc2cc(OCC3CCC(C)O3)ccc21. The first-order valence-electron chi connectivity index (χ1n) is 8.04. The largest absolute Gasteiger partial charge is 0.491 e. The number of benzene rings is 1. The maximum atomic E-state index is 5.85. The van der Waals surface area contributed by atoms with Crippen molar-refractivity contribution in [3.05, 3.63) is 23.8 Å². The summed E-state index contributed by atoms with van der Waals surface area (Å²) in [5, 5.41) is 3.50. The summed E-state index contributed by atoms with van der Waals surface area (Å²) in [4.78, 5) is 0. The molecule has 1 N–H and O–H groups in total. The van der Waals surface area contributed by atoms with Crippen molar-refractivity contribution in [2.24, 2.45) is 0 Å². The molecule has 21 heavy (non-hydrogen) atoms. The summed E-state index contributed by atoms with van der Waals surface area (Å²) in [6, 6.07) is 6.46. The molecule has 1 saturated heterocycles. The summed E-state index contributed by atoms with van der Waals surface area (Å²) in [5.41, 5.74) is 1.24. The van der Waals surface area contributed by atoms with Gasteiger partial charge in [-0.25, -0.2) is 0 Å². The molecular formula is C17H25NO3. The van der Waals surface area contributed by atoms with Gasteiger partial charge in [-0.1, -0.05) is 6.92 Å². The zero-order chi connectivity index (χ0) is 14.7. The van der Waals surface area contributed by atoms with Crippen LogP contribution in [-0.4, -0.2) is 32.0 Å². The van der Waals surface area contributed by atoms with Crippen molar-refractivity contribution >= 4 is 0 Å². The Labute approximate surface area is 126 Å². The van der Waals surface area contributed by atoms with E-state index in [0.717, 1.165) is 37.3 Å². The molecule has 2 aliphatic heterocycles. The zero-order valence-electron chi connectivity index (χ0n) is 12.9. The Balaban J connectivity index is 1.56. The second-order valence-electron chi connectivity index (χ2n) is 5.97. The fourth-order valence-corrected chi connectivity index (χ4v) is 2.96. The topological polar surface area (TPSA) is 39.7 Å². The van der Waals surface area contributed by atoms with E-state index in [4.69, 9.17) is 14.2 Å². The molecule has 0 saturated carbocycles. The van der Waals surface area contributed by atoms with Crippen LogP contribution in [0, 0.1) is 0 Å². The van der Waals surface area contributed by atoms with Gasteiger partial charge in [-0.2, -0.15) is 0 Å². The average molecular weight is 291 g/mol. The predicted molar refractivity (Wildman–Crippen MR) is 82.0 cm³/mol. The molecule has 2 heterocycles. The summed E-state index contributed by atoms with van der Waals surface area (Å²) >= 11 is 0. The molecule has 3 unspecified atom stereocenters. The van der Waals surface area contributed by atoms with E-state index in [-0.39, 0.29) is 6.10 Å². The molecule has 2 aliphatic rings.